The first kappa shape index (κ1) is 17.6. The van der Waals surface area contributed by atoms with Crippen LogP contribution in [-0.4, -0.2) is 22.0 Å². The summed E-state index contributed by atoms with van der Waals surface area (Å²) in [6.07, 6.45) is 3.62. The van der Waals surface area contributed by atoms with Crippen LogP contribution < -0.4 is 5.32 Å². The smallest absolute Gasteiger partial charge is 0.335 e. The van der Waals surface area contributed by atoms with Crippen molar-refractivity contribution in [1.29, 1.82) is 0 Å². The van der Waals surface area contributed by atoms with Gasteiger partial charge in [-0.25, -0.2) is 4.79 Å². The summed E-state index contributed by atoms with van der Waals surface area (Å²) < 4.78 is 0.874. The fourth-order valence-corrected chi connectivity index (χ4v) is 3.15. The first-order valence-electron chi connectivity index (χ1n) is 8.19. The van der Waals surface area contributed by atoms with Crippen molar-refractivity contribution in [2.24, 2.45) is 11.8 Å². The van der Waals surface area contributed by atoms with E-state index < -0.39 is 5.97 Å². The number of carbonyl (C=O) groups excluding carboxylic acids is 1. The van der Waals surface area contributed by atoms with Gasteiger partial charge in [0, 0.05) is 16.4 Å². The minimum atomic E-state index is -0.988. The van der Waals surface area contributed by atoms with Crippen molar-refractivity contribution in [3.63, 3.8) is 0 Å². The van der Waals surface area contributed by atoms with Crippen LogP contribution in [0.1, 0.15) is 41.7 Å². The minimum Gasteiger partial charge on any atom is -0.478 e. The molecule has 5 nitrogen and oxygen atoms in total. The quantitative estimate of drug-likeness (QED) is 0.754. The highest BCUT2D eigenvalue weighted by atomic mass is 79.9. The van der Waals surface area contributed by atoms with Crippen molar-refractivity contribution in [2.45, 2.75) is 25.7 Å². The van der Waals surface area contributed by atoms with Gasteiger partial charge in [-0.1, -0.05) is 6.92 Å². The number of carboxylic acid groups (broad SMARTS) is 1. The van der Waals surface area contributed by atoms with E-state index in [0.717, 1.165) is 23.0 Å². The highest BCUT2D eigenvalue weighted by Gasteiger charge is 2.37. The Hall–Kier alpha value is -2.21. The van der Waals surface area contributed by atoms with Gasteiger partial charge in [-0.15, -0.1) is 0 Å². The molecule has 2 aromatic rings. The number of halogens is 1. The van der Waals surface area contributed by atoms with Crippen LogP contribution in [0.15, 0.2) is 47.1 Å². The molecule has 2 N–H and O–H groups in total. The second-order valence-corrected chi connectivity index (χ2v) is 7.45. The zero-order valence-electron chi connectivity index (χ0n) is 13.8. The number of anilines is 1. The Morgan fingerprint density at radius 1 is 1.28 bits per heavy atom. The fourth-order valence-electron chi connectivity index (χ4n) is 2.91. The van der Waals surface area contributed by atoms with E-state index in [0.29, 0.717) is 17.5 Å². The molecular weight excluding hydrogens is 384 g/mol. The third kappa shape index (κ3) is 4.45. The fraction of sp³-hybridized carbons (Fsp3) is 0.316. The van der Waals surface area contributed by atoms with E-state index in [1.54, 1.807) is 18.3 Å². The highest BCUT2D eigenvalue weighted by Crippen LogP contribution is 2.44. The second-order valence-electron chi connectivity index (χ2n) is 6.53. The summed E-state index contributed by atoms with van der Waals surface area (Å²) in [5.41, 5.74) is 1.53. The van der Waals surface area contributed by atoms with Crippen LogP contribution in [0.3, 0.4) is 0 Å². The number of amides is 1. The SMILES string of the molecule is C[C@@H]1C[C@H]1CC(C(=O)Nc1ccc(C(=O)O)cc1)c1ccc(Br)cn1. The predicted molar refractivity (Wildman–Crippen MR) is 98.6 cm³/mol. The summed E-state index contributed by atoms with van der Waals surface area (Å²) in [5, 5.41) is 11.8. The topological polar surface area (TPSA) is 79.3 Å². The van der Waals surface area contributed by atoms with E-state index in [2.05, 4.69) is 33.2 Å². The third-order valence-electron chi connectivity index (χ3n) is 4.64. The molecule has 0 aliphatic heterocycles. The molecule has 1 unspecified atom stereocenters. The molecule has 130 valence electrons. The molecule has 1 aliphatic rings. The Kier molecular flexibility index (Phi) is 5.18. The molecule has 1 fully saturated rings. The van der Waals surface area contributed by atoms with E-state index in [4.69, 9.17) is 5.11 Å². The Morgan fingerprint density at radius 3 is 2.48 bits per heavy atom. The number of nitrogens with one attached hydrogen (secondary N) is 1. The van der Waals surface area contributed by atoms with Gasteiger partial charge in [0.2, 0.25) is 5.91 Å². The van der Waals surface area contributed by atoms with Gasteiger partial charge in [0.1, 0.15) is 0 Å². The van der Waals surface area contributed by atoms with Crippen molar-refractivity contribution < 1.29 is 14.7 Å². The zero-order chi connectivity index (χ0) is 18.0. The summed E-state index contributed by atoms with van der Waals surface area (Å²) in [5.74, 6) is -0.215. The lowest BCUT2D eigenvalue weighted by molar-refractivity contribution is -0.117. The third-order valence-corrected chi connectivity index (χ3v) is 5.11. The van der Waals surface area contributed by atoms with Gasteiger partial charge < -0.3 is 10.4 Å². The monoisotopic (exact) mass is 402 g/mol. The molecule has 1 amide bonds. The van der Waals surface area contributed by atoms with Crippen LogP contribution in [0.2, 0.25) is 0 Å². The Bertz CT molecular complexity index is 774. The number of hydrogen-bond acceptors (Lipinski definition) is 3. The highest BCUT2D eigenvalue weighted by molar-refractivity contribution is 9.10. The maximum absolute atomic E-state index is 12.8. The van der Waals surface area contributed by atoms with Crippen LogP contribution in [0.5, 0.6) is 0 Å². The Balaban J connectivity index is 1.76. The van der Waals surface area contributed by atoms with Crippen molar-refractivity contribution in [3.05, 3.63) is 58.3 Å². The number of hydrogen-bond donors (Lipinski definition) is 2. The molecule has 1 aromatic heterocycles. The summed E-state index contributed by atoms with van der Waals surface area (Å²) in [4.78, 5) is 28.1. The summed E-state index contributed by atoms with van der Waals surface area (Å²) in [6.45, 7) is 2.19. The number of aromatic carboxylic acids is 1. The van der Waals surface area contributed by atoms with Gasteiger partial charge >= 0.3 is 5.97 Å². The lowest BCUT2D eigenvalue weighted by Crippen LogP contribution is -2.22. The molecule has 3 atom stereocenters. The van der Waals surface area contributed by atoms with E-state index >= 15 is 0 Å². The standard InChI is InChI=1S/C19H19BrN2O3/c1-11-8-13(11)9-16(17-7-4-14(20)10-21-17)18(23)22-15-5-2-12(3-6-15)19(24)25/h2-7,10-11,13,16H,8-9H2,1H3,(H,22,23)(H,24,25)/t11-,13+,16?/m1/s1. The van der Waals surface area contributed by atoms with Crippen molar-refractivity contribution in [1.82, 2.24) is 4.98 Å². The first-order chi connectivity index (χ1) is 11.9. The van der Waals surface area contributed by atoms with Crippen molar-refractivity contribution in [2.75, 3.05) is 5.32 Å². The van der Waals surface area contributed by atoms with Gasteiger partial charge in [-0.3, -0.25) is 9.78 Å². The van der Waals surface area contributed by atoms with Gasteiger partial charge in [0.15, 0.2) is 0 Å². The lowest BCUT2D eigenvalue weighted by atomic mass is 9.96. The molecule has 0 radical (unpaired) electrons. The van der Waals surface area contributed by atoms with Crippen LogP contribution in [0, 0.1) is 11.8 Å². The van der Waals surface area contributed by atoms with E-state index in [-0.39, 0.29) is 17.4 Å². The van der Waals surface area contributed by atoms with Gasteiger partial charge in [-0.2, -0.15) is 0 Å². The van der Waals surface area contributed by atoms with Crippen LogP contribution in [0.4, 0.5) is 5.69 Å². The predicted octanol–water partition coefficient (Wildman–Crippen LogP) is 4.31. The van der Waals surface area contributed by atoms with E-state index in [1.807, 2.05) is 12.1 Å². The molecule has 6 heteroatoms. The largest absolute Gasteiger partial charge is 0.478 e. The van der Waals surface area contributed by atoms with Crippen LogP contribution in [-0.2, 0) is 4.79 Å². The summed E-state index contributed by atoms with van der Waals surface area (Å²) in [7, 11) is 0. The van der Waals surface area contributed by atoms with E-state index in [1.165, 1.54) is 12.1 Å². The first-order valence-corrected chi connectivity index (χ1v) is 8.99. The average molecular weight is 403 g/mol. The van der Waals surface area contributed by atoms with Gasteiger partial charge in [0.05, 0.1) is 17.2 Å². The lowest BCUT2D eigenvalue weighted by Gasteiger charge is -2.17. The molecule has 1 aliphatic carbocycles. The number of rotatable bonds is 6. The molecule has 1 saturated carbocycles. The molecule has 1 heterocycles. The van der Waals surface area contributed by atoms with E-state index in [9.17, 15) is 9.59 Å². The molecule has 0 bridgehead atoms. The van der Waals surface area contributed by atoms with Crippen molar-refractivity contribution in [3.8, 4) is 0 Å². The summed E-state index contributed by atoms with van der Waals surface area (Å²) in [6, 6.07) is 9.93. The average Bonchev–Trinajstić information content (AvgIpc) is 3.29. The van der Waals surface area contributed by atoms with Crippen molar-refractivity contribution >= 4 is 33.5 Å². The molecule has 25 heavy (non-hydrogen) atoms. The minimum absolute atomic E-state index is 0.114. The van der Waals surface area contributed by atoms with Gasteiger partial charge in [0.25, 0.3) is 0 Å². The number of carbonyl (C=O) groups is 2. The second kappa shape index (κ2) is 7.35. The number of aromatic nitrogens is 1. The van der Waals surface area contributed by atoms with Crippen LogP contribution >= 0.6 is 15.9 Å². The van der Waals surface area contributed by atoms with Gasteiger partial charge in [-0.05, 0) is 77.0 Å². The maximum atomic E-state index is 12.8. The zero-order valence-corrected chi connectivity index (χ0v) is 15.4. The number of carboxylic acids is 1. The molecule has 0 saturated heterocycles. The molecule has 0 spiro atoms. The Morgan fingerprint density at radius 2 is 1.96 bits per heavy atom. The maximum Gasteiger partial charge on any atom is 0.335 e. The number of benzene rings is 1. The normalized spacial score (nSPS) is 19.9. The summed E-state index contributed by atoms with van der Waals surface area (Å²) >= 11 is 3.37. The molecule has 3 rings (SSSR count). The van der Waals surface area contributed by atoms with Crippen LogP contribution in [0.25, 0.3) is 0 Å². The number of pyridine rings is 1. The molecular formula is C19H19BrN2O3. The number of nitrogens with zero attached hydrogens (tertiary/aromatic N) is 1. The Labute approximate surface area is 154 Å². The molecule has 1 aromatic carbocycles.